The van der Waals surface area contributed by atoms with Crippen LogP contribution in [0.4, 0.5) is 0 Å². The van der Waals surface area contributed by atoms with Crippen molar-refractivity contribution in [2.45, 2.75) is 312 Å². The van der Waals surface area contributed by atoms with E-state index in [2.05, 4.69) is 291 Å². The van der Waals surface area contributed by atoms with Gasteiger partial charge in [-0.3, -0.25) is 0 Å². The van der Waals surface area contributed by atoms with Gasteiger partial charge in [0.25, 0.3) is 16.6 Å². The molecule has 0 spiro atoms. The van der Waals surface area contributed by atoms with Gasteiger partial charge in [0.15, 0.2) is 43.1 Å². The minimum Gasteiger partial charge on any atom is -0.414 e. The summed E-state index contributed by atoms with van der Waals surface area (Å²) in [5.41, 5.74) is 0.198. The molecule has 2 heterocycles. The quantitative estimate of drug-likeness (QED) is 0.0305. The molecule has 590 valence electrons. The molecule has 7 rings (SSSR count). The van der Waals surface area contributed by atoms with Crippen molar-refractivity contribution in [3.63, 3.8) is 0 Å². The molecule has 2 aliphatic heterocycles. The fourth-order valence-corrected chi connectivity index (χ4v) is 36.0. The predicted octanol–water partition coefficient (Wildman–Crippen LogP) is 19.5. The number of rotatable bonds is 35. The highest BCUT2D eigenvalue weighted by atomic mass is 32.2. The lowest BCUT2D eigenvalue weighted by atomic mass is 9.70. The Balaban J connectivity index is 1.52. The molecule has 12 nitrogen and oxygen atoms in total. The molecule has 0 bridgehead atoms. The molecule has 0 saturated carbocycles. The van der Waals surface area contributed by atoms with E-state index < -0.39 is 113 Å². The number of sulfone groups is 1. The van der Waals surface area contributed by atoms with Crippen molar-refractivity contribution >= 4 is 80.5 Å². The van der Waals surface area contributed by atoms with E-state index in [0.717, 1.165) is 57.8 Å². The SMILES string of the molecule is CC[Si](CC)(CC)OC[C@@H]1C/C(=C/CO[Si](c2ccccc2)(c2ccccc2)C(C)(C)C)C[C@H](C(O)C(C(C)(C)[C@]2(OC)O[C@H](C[C@@H](O[Si](C)(C)C(C)(C)C)[C@@H](C)O[Si](C)(C)C(C)(C)C)C/C(=C\CO[Si](c3ccccc3)(c3ccccc3)C(C)(C)C)[C@@H]2O[Si](CC)(CC)CC)S(=O)(=O)c2ccccc2)O1. The third kappa shape index (κ3) is 19.4. The van der Waals surface area contributed by atoms with E-state index >= 15 is 8.42 Å². The van der Waals surface area contributed by atoms with Crippen LogP contribution in [-0.2, 0) is 50.6 Å². The lowest BCUT2D eigenvalue weighted by Crippen LogP contribution is -2.71. The van der Waals surface area contributed by atoms with Crippen molar-refractivity contribution < 1.29 is 54.3 Å². The predicted molar refractivity (Wildman–Crippen MR) is 457 cm³/mol. The Hall–Kier alpha value is -3.57. The van der Waals surface area contributed by atoms with Crippen molar-refractivity contribution in [2.75, 3.05) is 26.9 Å². The van der Waals surface area contributed by atoms with Gasteiger partial charge in [0, 0.05) is 18.9 Å². The zero-order chi connectivity index (χ0) is 78.8. The summed E-state index contributed by atoms with van der Waals surface area (Å²) in [5.74, 6) is -1.94. The van der Waals surface area contributed by atoms with Crippen LogP contribution < -0.4 is 20.7 Å². The van der Waals surface area contributed by atoms with Crippen LogP contribution in [0.2, 0.25) is 82.6 Å². The molecule has 2 unspecified atom stereocenters. The van der Waals surface area contributed by atoms with Crippen LogP contribution in [-0.4, -0.2) is 144 Å². The van der Waals surface area contributed by atoms with E-state index in [4.69, 9.17) is 40.8 Å². The standard InChI is InChI=1S/C87H140O12SSi6/c1-27-103(28-2,29-3)94-66-71-62-68(58-60-92-105(84(14,15)16,73-50-40-34-41-51-73)74-52-42-35-43-53-74)63-78(95-71)79(88)81(100(89,90)72-48-38-33-39-49-72)86(20,21)87(91-22)80(99-104(30-4,31-5)32-6)69(59-61-93-106(85(17,18)19,75-54-44-36-45-55-75)76-56-46-37-47-57-76)64-70(96-87)65-77(98-102(25,26)83(11,12)13)67(7)97-101(23,24)82(8,9)10/h33-59,67,70-71,77-81,88H,27-32,60-66H2,1-26H3/b68-58-,69-59+/t67-,70+,71+,77-,78-,79?,80+,81?,87-/m1/s1. The average molecular weight is 1580 g/mol. The van der Waals surface area contributed by atoms with Gasteiger partial charge in [-0.05, 0) is 147 Å². The molecular weight excluding hydrogens is 1440 g/mol. The summed E-state index contributed by atoms with van der Waals surface area (Å²) in [7, 11) is -19.1. The van der Waals surface area contributed by atoms with Gasteiger partial charge in [0.1, 0.15) is 11.4 Å². The first-order valence-corrected chi connectivity index (χ1v) is 56.1. The maximum absolute atomic E-state index is 17.0. The van der Waals surface area contributed by atoms with Crippen molar-refractivity contribution in [1.29, 1.82) is 0 Å². The zero-order valence-electron chi connectivity index (χ0n) is 70.2. The molecule has 1 N–H and O–H groups in total. The zero-order valence-corrected chi connectivity index (χ0v) is 77.1. The molecular formula is C87H140O12SSi6. The van der Waals surface area contributed by atoms with Crippen LogP contribution in [0.25, 0.3) is 0 Å². The van der Waals surface area contributed by atoms with E-state index in [-0.39, 0.29) is 57.4 Å². The molecule has 2 fully saturated rings. The Bertz CT molecular complexity index is 3600. The van der Waals surface area contributed by atoms with Crippen molar-refractivity contribution in [3.8, 4) is 0 Å². The Kier molecular flexibility index (Phi) is 30.5. The van der Waals surface area contributed by atoms with E-state index in [1.165, 1.54) is 10.4 Å². The highest BCUT2D eigenvalue weighted by Crippen LogP contribution is 2.55. The molecule has 19 heteroatoms. The van der Waals surface area contributed by atoms with Gasteiger partial charge < -0.3 is 45.9 Å². The minimum atomic E-state index is -4.62. The molecule has 5 aromatic carbocycles. The third-order valence-corrected chi connectivity index (χ3v) is 56.1. The number of ether oxygens (including phenoxy) is 3. The number of benzene rings is 5. The smallest absolute Gasteiger partial charge is 0.261 e. The molecule has 9 atom stereocenters. The maximum Gasteiger partial charge on any atom is 0.261 e. The van der Waals surface area contributed by atoms with Gasteiger partial charge in [-0.25, -0.2) is 8.42 Å². The number of methoxy groups -OCH3 is 1. The number of hydrogen-bond acceptors (Lipinski definition) is 12. The summed E-state index contributed by atoms with van der Waals surface area (Å²) in [4.78, 5) is 0.0614. The van der Waals surface area contributed by atoms with Gasteiger partial charge in [0.05, 0.1) is 61.3 Å². The largest absolute Gasteiger partial charge is 0.414 e. The third-order valence-electron chi connectivity index (χ3n) is 25.3. The second kappa shape index (κ2) is 36.1. The second-order valence-electron chi connectivity index (χ2n) is 36.1. The Morgan fingerprint density at radius 2 is 0.915 bits per heavy atom. The molecule has 2 saturated heterocycles. The molecule has 0 amide bonds. The summed E-state index contributed by atoms with van der Waals surface area (Å²) >= 11 is 0. The van der Waals surface area contributed by atoms with Crippen LogP contribution in [0.1, 0.15) is 171 Å². The fourth-order valence-electron chi connectivity index (χ4n) is 16.5. The van der Waals surface area contributed by atoms with E-state index in [1.807, 2.05) is 19.9 Å². The molecule has 0 radical (unpaired) electrons. The topological polar surface area (TPSA) is 137 Å². The summed E-state index contributed by atoms with van der Waals surface area (Å²) in [6, 6.07) is 56.5. The van der Waals surface area contributed by atoms with E-state index in [1.54, 1.807) is 31.4 Å². The lowest BCUT2D eigenvalue weighted by molar-refractivity contribution is -0.346. The molecule has 0 aromatic heterocycles. The summed E-state index contributed by atoms with van der Waals surface area (Å²) in [6.07, 6.45) is 0.125. The van der Waals surface area contributed by atoms with Crippen LogP contribution >= 0.6 is 0 Å². The summed E-state index contributed by atoms with van der Waals surface area (Å²) in [5, 5.41) is 16.5. The highest BCUT2D eigenvalue weighted by Gasteiger charge is 2.67. The molecule has 106 heavy (non-hydrogen) atoms. The van der Waals surface area contributed by atoms with Gasteiger partial charge in [-0.2, -0.15) is 0 Å². The molecule has 5 aromatic rings. The number of aliphatic hydroxyl groups is 1. The van der Waals surface area contributed by atoms with E-state index in [9.17, 15) is 5.11 Å². The highest BCUT2D eigenvalue weighted by molar-refractivity contribution is 7.92. The van der Waals surface area contributed by atoms with Crippen LogP contribution in [0, 0.1) is 5.41 Å². The summed E-state index contributed by atoms with van der Waals surface area (Å²) < 4.78 is 103. The van der Waals surface area contributed by atoms with Gasteiger partial charge in [0.2, 0.25) is 5.79 Å². The first kappa shape index (κ1) is 89.6. The Morgan fingerprint density at radius 1 is 0.519 bits per heavy atom. The first-order valence-electron chi connectivity index (χ1n) is 39.9. The average Bonchev–Trinajstić information content (AvgIpc) is 0.704. The van der Waals surface area contributed by atoms with Gasteiger partial charge in [-0.1, -0.05) is 296 Å². The van der Waals surface area contributed by atoms with Crippen LogP contribution in [0.5, 0.6) is 0 Å². The Labute approximate surface area is 650 Å². The van der Waals surface area contributed by atoms with Crippen LogP contribution in [0.3, 0.4) is 0 Å². The van der Waals surface area contributed by atoms with Crippen molar-refractivity contribution in [2.24, 2.45) is 5.41 Å². The molecule has 2 aliphatic rings. The van der Waals surface area contributed by atoms with Crippen LogP contribution in [0.15, 0.2) is 180 Å². The van der Waals surface area contributed by atoms with Crippen molar-refractivity contribution in [3.05, 3.63) is 175 Å². The molecule has 0 aliphatic carbocycles. The second-order valence-corrected chi connectivity index (χ2v) is 65.8. The fraction of sp³-hybridized carbons (Fsp3) is 0.609. The summed E-state index contributed by atoms with van der Waals surface area (Å²) in [6.45, 7) is 56.7. The number of aliphatic hydroxyl groups excluding tert-OH is 1. The van der Waals surface area contributed by atoms with E-state index in [0.29, 0.717) is 19.3 Å². The normalized spacial score (nSPS) is 21.6. The number of hydrogen-bond donors (Lipinski definition) is 1. The van der Waals surface area contributed by atoms with Gasteiger partial charge >= 0.3 is 0 Å². The first-order chi connectivity index (χ1) is 49.5. The van der Waals surface area contributed by atoms with Crippen molar-refractivity contribution in [1.82, 2.24) is 0 Å². The maximum atomic E-state index is 17.0. The van der Waals surface area contributed by atoms with Gasteiger partial charge in [-0.15, -0.1) is 0 Å². The monoisotopic (exact) mass is 1580 g/mol. The minimum absolute atomic E-state index is 0.0614. The Morgan fingerprint density at radius 3 is 1.30 bits per heavy atom. The lowest BCUT2D eigenvalue weighted by Gasteiger charge is -2.59.